The van der Waals surface area contributed by atoms with E-state index in [0.717, 1.165) is 12.8 Å². The van der Waals surface area contributed by atoms with Crippen LogP contribution in [0.1, 0.15) is 38.5 Å². The molecule has 0 aliphatic heterocycles. The van der Waals surface area contributed by atoms with Crippen molar-refractivity contribution in [3.63, 3.8) is 0 Å². The van der Waals surface area contributed by atoms with Gasteiger partial charge in [-0.25, -0.2) is 0 Å². The molecule has 0 heterocycles. The highest BCUT2D eigenvalue weighted by molar-refractivity contribution is 5.04. The molecule has 0 aromatic heterocycles. The van der Waals surface area contributed by atoms with Crippen LogP contribution in [0.3, 0.4) is 0 Å². The predicted molar refractivity (Wildman–Crippen MR) is 50.5 cm³/mol. The number of hydrogen-bond donors (Lipinski definition) is 0. The maximum atomic E-state index is 12.8. The molecule has 2 saturated carbocycles. The van der Waals surface area contributed by atoms with E-state index in [-0.39, 0.29) is 12.0 Å². The predicted octanol–water partition coefficient (Wildman–Crippen LogP) is 3.53. The zero-order valence-electron chi connectivity index (χ0n) is 8.94. The van der Waals surface area contributed by atoms with Crippen molar-refractivity contribution in [2.75, 3.05) is 7.11 Å². The molecule has 2 fully saturated rings. The van der Waals surface area contributed by atoms with Crippen LogP contribution in [0.4, 0.5) is 13.2 Å². The van der Waals surface area contributed by atoms with E-state index in [0.29, 0.717) is 25.7 Å². The van der Waals surface area contributed by atoms with Crippen molar-refractivity contribution in [2.45, 2.75) is 50.8 Å². The molecule has 0 saturated heterocycles. The van der Waals surface area contributed by atoms with E-state index in [9.17, 15) is 13.2 Å². The van der Waals surface area contributed by atoms with E-state index in [2.05, 4.69) is 0 Å². The first-order valence-electron chi connectivity index (χ1n) is 5.59. The van der Waals surface area contributed by atoms with Gasteiger partial charge in [-0.1, -0.05) is 0 Å². The van der Waals surface area contributed by atoms with E-state index in [1.807, 2.05) is 0 Å². The summed E-state index contributed by atoms with van der Waals surface area (Å²) in [6, 6.07) is 0. The third kappa shape index (κ3) is 1.88. The van der Waals surface area contributed by atoms with Crippen LogP contribution in [0.15, 0.2) is 0 Å². The summed E-state index contributed by atoms with van der Waals surface area (Å²) in [6.07, 6.45) is -0.172. The van der Waals surface area contributed by atoms with E-state index in [1.54, 1.807) is 7.11 Å². The van der Waals surface area contributed by atoms with Gasteiger partial charge in [0.15, 0.2) is 0 Å². The Bertz CT molecular complexity index is 224. The summed E-state index contributed by atoms with van der Waals surface area (Å²) >= 11 is 0. The minimum atomic E-state index is -3.99. The molecule has 0 bridgehead atoms. The molecule has 0 N–H and O–H groups in total. The van der Waals surface area contributed by atoms with Gasteiger partial charge in [0.2, 0.25) is 0 Å². The summed E-state index contributed by atoms with van der Waals surface area (Å²) in [7, 11) is 1.64. The standard InChI is InChI=1S/C11H17F3O/c1-15-9-4-2-8(3-5-9)10(6-7-10)11(12,13)14/h8-9H,2-7H2,1H3. The molecule has 2 aliphatic carbocycles. The Balaban J connectivity index is 1.96. The Morgan fingerprint density at radius 3 is 1.93 bits per heavy atom. The van der Waals surface area contributed by atoms with Crippen LogP contribution < -0.4 is 0 Å². The van der Waals surface area contributed by atoms with Gasteiger partial charge in [0.05, 0.1) is 11.5 Å². The van der Waals surface area contributed by atoms with Crippen molar-refractivity contribution < 1.29 is 17.9 Å². The monoisotopic (exact) mass is 222 g/mol. The second kappa shape index (κ2) is 3.65. The zero-order chi connectivity index (χ0) is 11.1. The first-order chi connectivity index (χ1) is 6.99. The van der Waals surface area contributed by atoms with Gasteiger partial charge in [-0.15, -0.1) is 0 Å². The lowest BCUT2D eigenvalue weighted by molar-refractivity contribution is -0.207. The Labute approximate surface area is 88.0 Å². The van der Waals surface area contributed by atoms with Gasteiger partial charge in [-0.3, -0.25) is 0 Å². The molecule has 4 heteroatoms. The van der Waals surface area contributed by atoms with Gasteiger partial charge in [-0.05, 0) is 44.4 Å². The van der Waals surface area contributed by atoms with Crippen LogP contribution >= 0.6 is 0 Å². The van der Waals surface area contributed by atoms with Gasteiger partial charge in [0.25, 0.3) is 0 Å². The molecular weight excluding hydrogens is 205 g/mol. The molecular formula is C11H17F3O. The van der Waals surface area contributed by atoms with E-state index in [4.69, 9.17) is 4.74 Å². The molecule has 0 spiro atoms. The number of ether oxygens (including phenoxy) is 1. The molecule has 0 atom stereocenters. The minimum Gasteiger partial charge on any atom is -0.381 e. The first kappa shape index (κ1) is 11.2. The van der Waals surface area contributed by atoms with Crippen molar-refractivity contribution in [3.05, 3.63) is 0 Å². The summed E-state index contributed by atoms with van der Waals surface area (Å²) in [5.41, 5.74) is -1.31. The molecule has 1 nitrogen and oxygen atoms in total. The van der Waals surface area contributed by atoms with Crippen LogP contribution in [0.5, 0.6) is 0 Å². The van der Waals surface area contributed by atoms with Crippen LogP contribution in [-0.2, 0) is 4.74 Å². The summed E-state index contributed by atoms with van der Waals surface area (Å²) in [4.78, 5) is 0. The molecule has 2 rings (SSSR count). The molecule has 15 heavy (non-hydrogen) atoms. The summed E-state index contributed by atoms with van der Waals surface area (Å²) in [5, 5.41) is 0. The summed E-state index contributed by atoms with van der Waals surface area (Å²) in [5.74, 6) is -0.149. The van der Waals surface area contributed by atoms with Crippen molar-refractivity contribution in [3.8, 4) is 0 Å². The molecule has 0 unspecified atom stereocenters. The van der Waals surface area contributed by atoms with Crippen LogP contribution in [0, 0.1) is 11.3 Å². The molecule has 2 aliphatic rings. The zero-order valence-corrected chi connectivity index (χ0v) is 8.94. The second-order valence-corrected chi connectivity index (χ2v) is 4.86. The topological polar surface area (TPSA) is 9.23 Å². The third-order valence-corrected chi connectivity index (χ3v) is 4.14. The Morgan fingerprint density at radius 1 is 1.07 bits per heavy atom. The Morgan fingerprint density at radius 2 is 1.60 bits per heavy atom. The van der Waals surface area contributed by atoms with Crippen molar-refractivity contribution in [2.24, 2.45) is 11.3 Å². The lowest BCUT2D eigenvalue weighted by Gasteiger charge is -2.34. The number of halogens is 3. The number of methoxy groups -OCH3 is 1. The minimum absolute atomic E-state index is 0.149. The number of rotatable bonds is 2. The highest BCUT2D eigenvalue weighted by Gasteiger charge is 2.66. The molecule has 0 amide bonds. The largest absolute Gasteiger partial charge is 0.394 e. The number of alkyl halides is 3. The van der Waals surface area contributed by atoms with Crippen LogP contribution in [0.2, 0.25) is 0 Å². The van der Waals surface area contributed by atoms with Crippen molar-refractivity contribution in [1.29, 1.82) is 0 Å². The fraction of sp³-hybridized carbons (Fsp3) is 1.00. The fourth-order valence-corrected chi connectivity index (χ4v) is 2.91. The van der Waals surface area contributed by atoms with E-state index >= 15 is 0 Å². The van der Waals surface area contributed by atoms with Crippen LogP contribution in [-0.4, -0.2) is 19.4 Å². The molecule has 0 aromatic rings. The Kier molecular flexibility index (Phi) is 2.73. The first-order valence-corrected chi connectivity index (χ1v) is 5.59. The van der Waals surface area contributed by atoms with Crippen molar-refractivity contribution >= 4 is 0 Å². The van der Waals surface area contributed by atoms with E-state index in [1.165, 1.54) is 0 Å². The maximum Gasteiger partial charge on any atom is 0.394 e. The van der Waals surface area contributed by atoms with Gasteiger partial charge >= 0.3 is 6.18 Å². The molecule has 0 radical (unpaired) electrons. The quantitative estimate of drug-likeness (QED) is 0.694. The van der Waals surface area contributed by atoms with Gasteiger partial charge in [0.1, 0.15) is 0 Å². The van der Waals surface area contributed by atoms with Gasteiger partial charge in [0, 0.05) is 7.11 Å². The summed E-state index contributed by atoms with van der Waals surface area (Å²) in [6.45, 7) is 0. The molecule has 88 valence electrons. The van der Waals surface area contributed by atoms with Gasteiger partial charge < -0.3 is 4.74 Å². The summed E-state index contributed by atoms with van der Waals surface area (Å²) < 4.78 is 43.7. The number of hydrogen-bond acceptors (Lipinski definition) is 1. The van der Waals surface area contributed by atoms with Crippen LogP contribution in [0.25, 0.3) is 0 Å². The molecule has 0 aromatic carbocycles. The maximum absolute atomic E-state index is 12.8. The third-order valence-electron chi connectivity index (χ3n) is 4.14. The average Bonchev–Trinajstić information content (AvgIpc) is 2.98. The normalized spacial score (nSPS) is 35.2. The fourth-order valence-electron chi connectivity index (χ4n) is 2.91. The lowest BCUT2D eigenvalue weighted by atomic mass is 9.76. The highest BCUT2D eigenvalue weighted by Crippen LogP contribution is 2.65. The smallest absolute Gasteiger partial charge is 0.381 e. The second-order valence-electron chi connectivity index (χ2n) is 4.86. The Hall–Kier alpha value is -0.250. The lowest BCUT2D eigenvalue weighted by Crippen LogP contribution is -2.35. The highest BCUT2D eigenvalue weighted by atomic mass is 19.4. The van der Waals surface area contributed by atoms with Gasteiger partial charge in [-0.2, -0.15) is 13.2 Å². The van der Waals surface area contributed by atoms with Crippen molar-refractivity contribution in [1.82, 2.24) is 0 Å². The SMILES string of the molecule is COC1CCC(C2(C(F)(F)F)CC2)CC1. The van der Waals surface area contributed by atoms with E-state index < -0.39 is 11.6 Å². The average molecular weight is 222 g/mol.